The first-order valence-electron chi connectivity index (χ1n) is 4.94. The number of rotatable bonds is 1. The van der Waals surface area contributed by atoms with Gasteiger partial charge in [-0.2, -0.15) is 31.9 Å². The first kappa shape index (κ1) is 24.6. The number of carbonyl (C=O) groups excluding carboxylic acids is 1. The molecule has 1 aliphatic rings. The molecule has 0 fully saturated rings. The van der Waals surface area contributed by atoms with Crippen LogP contribution in [0.4, 0.5) is 0 Å². The van der Waals surface area contributed by atoms with E-state index in [9.17, 15) is 0 Å². The third-order valence-corrected chi connectivity index (χ3v) is 2.16. The smallest absolute Gasteiger partial charge is 0.0238 e. The summed E-state index contributed by atoms with van der Waals surface area (Å²) in [6.45, 7) is 4.08. The molecule has 2 nitrogen and oxygen atoms in total. The molecule has 0 saturated carbocycles. The fourth-order valence-electron chi connectivity index (χ4n) is 1.43. The van der Waals surface area contributed by atoms with Gasteiger partial charge in [-0.15, -0.1) is 17.7 Å². The summed E-state index contributed by atoms with van der Waals surface area (Å²) >= 11 is 0. The van der Waals surface area contributed by atoms with Crippen molar-refractivity contribution in [3.05, 3.63) is 48.2 Å². The average Bonchev–Trinajstić information content (AvgIpc) is 2.29. The van der Waals surface area contributed by atoms with E-state index in [0.29, 0.717) is 0 Å². The number of ether oxygens (including phenoxy) is 1. The van der Waals surface area contributed by atoms with Crippen LogP contribution >= 0.6 is 0 Å². The summed E-state index contributed by atoms with van der Waals surface area (Å²) in [5.41, 5.74) is 2.60. The van der Waals surface area contributed by atoms with Gasteiger partial charge in [0.05, 0.1) is 0 Å². The van der Waals surface area contributed by atoms with Crippen LogP contribution in [0, 0.1) is 12.8 Å². The van der Waals surface area contributed by atoms with E-state index in [4.69, 9.17) is 9.53 Å². The van der Waals surface area contributed by atoms with Gasteiger partial charge in [-0.1, -0.05) is 12.2 Å². The molecule has 1 aromatic rings. The second-order valence-electron chi connectivity index (χ2n) is 3.18. The molecule has 0 N–H and O–H groups in total. The number of fused-ring (bicyclic) bond motifs is 1. The summed E-state index contributed by atoms with van der Waals surface area (Å²) in [5.74, 6) is 0. The molecule has 2 rings (SSSR count). The maximum Gasteiger partial charge on any atom is 0.0238 e. The van der Waals surface area contributed by atoms with E-state index in [2.05, 4.69) is 31.0 Å². The Morgan fingerprint density at radius 3 is 2.50 bits per heavy atom. The molecule has 18 heavy (non-hydrogen) atoms. The molecule has 1 unspecified atom stereocenters. The van der Waals surface area contributed by atoms with E-state index < -0.39 is 0 Å². The van der Waals surface area contributed by atoms with Gasteiger partial charge in [0, 0.05) is 93.1 Å². The van der Waals surface area contributed by atoms with Crippen LogP contribution in [0.25, 0.3) is 0 Å². The fourth-order valence-corrected chi connectivity index (χ4v) is 1.43. The fraction of sp³-hybridized carbons (Fsp3) is 0.308. The Bertz CT molecular complexity index is 322. The summed E-state index contributed by atoms with van der Waals surface area (Å²) in [7, 11) is 0. The molecular weight excluding hydrogens is 550 g/mol. The third-order valence-electron chi connectivity index (χ3n) is 2.16. The van der Waals surface area contributed by atoms with E-state index in [0.717, 1.165) is 6.61 Å². The first-order chi connectivity index (χ1) is 7.31. The minimum atomic E-state index is 0. The van der Waals surface area contributed by atoms with E-state index in [1.54, 1.807) is 0 Å². The molecule has 5 heteroatoms. The van der Waals surface area contributed by atoms with Gasteiger partial charge in [-0.25, -0.2) is 0 Å². The Morgan fingerprint density at radius 2 is 1.94 bits per heavy atom. The maximum atomic E-state index is 8.68. The van der Waals surface area contributed by atoms with Gasteiger partial charge in [0.25, 0.3) is 0 Å². The van der Waals surface area contributed by atoms with Crippen LogP contribution in [0.2, 0.25) is 0 Å². The van der Waals surface area contributed by atoms with Gasteiger partial charge < -0.3 is 16.0 Å². The summed E-state index contributed by atoms with van der Waals surface area (Å²) in [6.07, 6.45) is 5.91. The zero-order chi connectivity index (χ0) is 11.1. The van der Waals surface area contributed by atoms with Gasteiger partial charge in [0.1, 0.15) is 0 Å². The number of benzene rings is 1. The van der Waals surface area contributed by atoms with Crippen LogP contribution in [0.5, 0.6) is 0 Å². The maximum absolute atomic E-state index is 8.68. The van der Waals surface area contributed by atoms with Crippen molar-refractivity contribution < 1.29 is 96.0 Å². The van der Waals surface area contributed by atoms with E-state index in [-0.39, 0.29) is 92.6 Å². The quantitative estimate of drug-likeness (QED) is 0.490. The Morgan fingerprint density at radius 1 is 1.39 bits per heavy atom. The van der Waals surface area contributed by atoms with Gasteiger partial charge in [-0.3, -0.25) is 6.29 Å². The van der Waals surface area contributed by atoms with Crippen LogP contribution < -0.4 is 0 Å². The molecule has 0 aromatic heterocycles. The van der Waals surface area contributed by atoms with Crippen molar-refractivity contribution in [3.8, 4) is 0 Å². The van der Waals surface area contributed by atoms with Crippen LogP contribution in [0.1, 0.15) is 25.0 Å². The number of hydrogen-bond acceptors (Lipinski definition) is 2. The van der Waals surface area contributed by atoms with Crippen molar-refractivity contribution in [2.45, 2.75) is 26.6 Å². The second kappa shape index (κ2) is 15.0. The molecule has 2 radical (unpaired) electrons. The Hall–Kier alpha value is 1.62. The molecule has 0 spiro atoms. The Kier molecular flexibility index (Phi) is 20.5. The SMILES string of the molecule is C[C-]=O.C[CH-]C1[CH-]c2ccccc2CO1.[W].[Y].[Y]. The van der Waals surface area contributed by atoms with Crippen molar-refractivity contribution in [2.75, 3.05) is 0 Å². The normalized spacial score (nSPS) is 14.9. The molecule has 1 heterocycles. The van der Waals surface area contributed by atoms with Gasteiger partial charge in [-0.05, 0) is 0 Å². The van der Waals surface area contributed by atoms with E-state index in [1.807, 2.05) is 13.0 Å². The van der Waals surface area contributed by atoms with Crippen molar-refractivity contribution in [3.63, 3.8) is 0 Å². The van der Waals surface area contributed by atoms with Crippen molar-refractivity contribution in [1.29, 1.82) is 0 Å². The molecule has 0 saturated heterocycles. The first-order valence-corrected chi connectivity index (χ1v) is 4.94. The summed E-state index contributed by atoms with van der Waals surface area (Å²) in [5, 5.41) is 0. The van der Waals surface area contributed by atoms with Crippen molar-refractivity contribution >= 4 is 6.29 Å². The van der Waals surface area contributed by atoms with Crippen LogP contribution in [-0.2, 0) is 103 Å². The Balaban J connectivity index is -0.000000345. The van der Waals surface area contributed by atoms with Gasteiger partial charge in [0.15, 0.2) is 0 Å². The molecule has 1 aromatic carbocycles. The second-order valence-corrected chi connectivity index (χ2v) is 3.18. The predicted molar refractivity (Wildman–Crippen MR) is 59.8 cm³/mol. The van der Waals surface area contributed by atoms with Crippen molar-refractivity contribution in [2.24, 2.45) is 0 Å². The topological polar surface area (TPSA) is 26.3 Å². The number of hydrogen-bond donors (Lipinski definition) is 0. The summed E-state index contributed by atoms with van der Waals surface area (Å²) in [4.78, 5) is 8.68. The largest absolute Gasteiger partial charge is 0.542 e. The molecule has 0 amide bonds. The zero-order valence-electron chi connectivity index (χ0n) is 10.6. The van der Waals surface area contributed by atoms with E-state index >= 15 is 0 Å². The minimum absolute atomic E-state index is 0. The third kappa shape index (κ3) is 8.72. The monoisotopic (exact) mass is 565 g/mol. The van der Waals surface area contributed by atoms with Gasteiger partial charge >= 0.3 is 0 Å². The molecule has 1 aliphatic heterocycles. The Labute approximate surface area is 174 Å². The van der Waals surface area contributed by atoms with Gasteiger partial charge in [0.2, 0.25) is 0 Å². The minimum Gasteiger partial charge on any atom is -0.542 e. The summed E-state index contributed by atoms with van der Waals surface area (Å²) in [6, 6.07) is 8.35. The molecule has 94 valence electrons. The molecule has 0 aliphatic carbocycles. The van der Waals surface area contributed by atoms with Crippen LogP contribution in [-0.4, -0.2) is 12.4 Å². The molecule has 1 atom stereocenters. The van der Waals surface area contributed by atoms with Crippen LogP contribution in [0.3, 0.4) is 0 Å². The molecular formula is C13H15O2WY2-3. The summed E-state index contributed by atoms with van der Waals surface area (Å²) < 4.78 is 5.54. The van der Waals surface area contributed by atoms with Crippen molar-refractivity contribution in [1.82, 2.24) is 0 Å². The standard InChI is InChI=1S/C11H12O.C2H3O.W.2Y/c1-2-11-7-9-5-3-4-6-10(9)8-12-11;1-2-3;;;/h2-7,11H,8H2,1H3;1H3;;;/q-2;-1;;;. The van der Waals surface area contributed by atoms with E-state index in [1.165, 1.54) is 24.3 Å². The molecule has 0 bridgehead atoms. The zero-order valence-corrected chi connectivity index (χ0v) is 19.2. The predicted octanol–water partition coefficient (Wildman–Crippen LogP) is 2.47. The average molecular weight is 565 g/mol. The van der Waals surface area contributed by atoms with Crippen LogP contribution in [0.15, 0.2) is 24.3 Å².